The van der Waals surface area contributed by atoms with Crippen LogP contribution in [0.1, 0.15) is 12.0 Å². The highest BCUT2D eigenvalue weighted by molar-refractivity contribution is 5.78. The van der Waals surface area contributed by atoms with E-state index in [-0.39, 0.29) is 18.6 Å². The summed E-state index contributed by atoms with van der Waals surface area (Å²) in [6.07, 6.45) is 0.885. The first kappa shape index (κ1) is 11.9. The molecule has 1 aliphatic rings. The molecule has 4 heteroatoms. The highest BCUT2D eigenvalue weighted by Gasteiger charge is 2.23. The summed E-state index contributed by atoms with van der Waals surface area (Å²) < 4.78 is 5.51. The van der Waals surface area contributed by atoms with Crippen LogP contribution in [0.5, 0.6) is 5.75 Å². The van der Waals surface area contributed by atoms with Crippen molar-refractivity contribution in [3.8, 4) is 5.75 Å². The lowest BCUT2D eigenvalue weighted by atomic mass is 10.2. The number of ether oxygens (including phenoxy) is 1. The lowest BCUT2D eigenvalue weighted by Crippen LogP contribution is -2.35. The SMILES string of the molecule is Cc1ccccc1OCC(=O)N1CC[C@@H](N)C1. The molecule has 0 bridgehead atoms. The summed E-state index contributed by atoms with van der Waals surface area (Å²) in [5.41, 5.74) is 6.80. The monoisotopic (exact) mass is 234 g/mol. The molecular weight excluding hydrogens is 216 g/mol. The molecule has 1 aromatic carbocycles. The van der Waals surface area contributed by atoms with Gasteiger partial charge >= 0.3 is 0 Å². The number of hydrogen-bond acceptors (Lipinski definition) is 3. The topological polar surface area (TPSA) is 55.6 Å². The molecule has 2 N–H and O–H groups in total. The Morgan fingerprint density at radius 3 is 2.94 bits per heavy atom. The van der Waals surface area contributed by atoms with Gasteiger partial charge in [0.05, 0.1) is 0 Å². The summed E-state index contributed by atoms with van der Waals surface area (Å²) in [6.45, 7) is 3.45. The molecule has 1 fully saturated rings. The quantitative estimate of drug-likeness (QED) is 0.846. The fraction of sp³-hybridized carbons (Fsp3) is 0.462. The van der Waals surface area contributed by atoms with Crippen LogP contribution in [0.15, 0.2) is 24.3 Å². The van der Waals surface area contributed by atoms with Crippen molar-refractivity contribution in [1.82, 2.24) is 4.90 Å². The minimum absolute atomic E-state index is 0.0150. The minimum atomic E-state index is 0.0150. The number of benzene rings is 1. The molecule has 0 aliphatic carbocycles. The molecule has 1 saturated heterocycles. The second-order valence-corrected chi connectivity index (χ2v) is 4.44. The Labute approximate surface area is 101 Å². The van der Waals surface area contributed by atoms with Crippen LogP contribution in [0, 0.1) is 6.92 Å². The average molecular weight is 234 g/mol. The number of nitrogens with zero attached hydrogens (tertiary/aromatic N) is 1. The van der Waals surface area contributed by atoms with Crippen LogP contribution in [0.3, 0.4) is 0 Å². The normalized spacial score (nSPS) is 19.4. The summed E-state index contributed by atoms with van der Waals surface area (Å²) in [5.74, 6) is 0.783. The molecule has 17 heavy (non-hydrogen) atoms. The van der Waals surface area contributed by atoms with Crippen molar-refractivity contribution in [2.24, 2.45) is 5.73 Å². The molecule has 0 spiro atoms. The fourth-order valence-corrected chi connectivity index (χ4v) is 1.96. The zero-order valence-corrected chi connectivity index (χ0v) is 10.1. The van der Waals surface area contributed by atoms with Gasteiger partial charge in [-0.25, -0.2) is 0 Å². The van der Waals surface area contributed by atoms with Crippen molar-refractivity contribution in [3.63, 3.8) is 0 Å². The maximum Gasteiger partial charge on any atom is 0.260 e. The maximum absolute atomic E-state index is 11.8. The molecule has 1 amide bonds. The lowest BCUT2D eigenvalue weighted by Gasteiger charge is -2.16. The van der Waals surface area contributed by atoms with Crippen molar-refractivity contribution in [1.29, 1.82) is 0 Å². The second-order valence-electron chi connectivity index (χ2n) is 4.44. The van der Waals surface area contributed by atoms with Crippen LogP contribution in [0.2, 0.25) is 0 Å². The number of aryl methyl sites for hydroxylation is 1. The van der Waals surface area contributed by atoms with Crippen LogP contribution in [0.4, 0.5) is 0 Å². The number of carbonyl (C=O) groups excluding carboxylic acids is 1. The molecule has 0 radical (unpaired) electrons. The van der Waals surface area contributed by atoms with E-state index in [1.807, 2.05) is 31.2 Å². The highest BCUT2D eigenvalue weighted by atomic mass is 16.5. The van der Waals surface area contributed by atoms with Gasteiger partial charge in [0.1, 0.15) is 5.75 Å². The van der Waals surface area contributed by atoms with Gasteiger partial charge in [0.25, 0.3) is 5.91 Å². The molecule has 0 saturated carbocycles. The third-order valence-electron chi connectivity index (χ3n) is 3.02. The summed E-state index contributed by atoms with van der Waals surface area (Å²) in [5, 5.41) is 0. The molecule has 0 aromatic heterocycles. The zero-order chi connectivity index (χ0) is 12.3. The van der Waals surface area contributed by atoms with Crippen molar-refractivity contribution >= 4 is 5.91 Å². The number of amides is 1. The number of carbonyl (C=O) groups is 1. The first-order chi connectivity index (χ1) is 8.16. The van der Waals surface area contributed by atoms with Crippen molar-refractivity contribution < 1.29 is 9.53 Å². The minimum Gasteiger partial charge on any atom is -0.484 e. The molecule has 4 nitrogen and oxygen atoms in total. The molecule has 2 rings (SSSR count). The standard InChI is InChI=1S/C13H18N2O2/c1-10-4-2-3-5-12(10)17-9-13(16)15-7-6-11(14)8-15/h2-5,11H,6-9,14H2,1H3/t11-/m1/s1. The van der Waals surface area contributed by atoms with E-state index in [2.05, 4.69) is 0 Å². The summed E-state index contributed by atoms with van der Waals surface area (Å²) in [7, 11) is 0. The summed E-state index contributed by atoms with van der Waals surface area (Å²) in [6, 6.07) is 7.81. The van der Waals surface area contributed by atoms with E-state index in [0.717, 1.165) is 24.3 Å². The summed E-state index contributed by atoms with van der Waals surface area (Å²) >= 11 is 0. The van der Waals surface area contributed by atoms with Crippen LogP contribution in [-0.4, -0.2) is 36.5 Å². The van der Waals surface area contributed by atoms with E-state index in [1.165, 1.54) is 0 Å². The van der Waals surface area contributed by atoms with E-state index in [1.54, 1.807) is 4.90 Å². The second kappa shape index (κ2) is 5.19. The maximum atomic E-state index is 11.8. The van der Waals surface area contributed by atoms with Gasteiger partial charge in [0.2, 0.25) is 0 Å². The van der Waals surface area contributed by atoms with E-state index >= 15 is 0 Å². The largest absolute Gasteiger partial charge is 0.484 e. The lowest BCUT2D eigenvalue weighted by molar-refractivity contribution is -0.132. The fourth-order valence-electron chi connectivity index (χ4n) is 1.96. The predicted molar refractivity (Wildman–Crippen MR) is 65.8 cm³/mol. The average Bonchev–Trinajstić information content (AvgIpc) is 2.74. The molecule has 1 aliphatic heterocycles. The molecule has 1 atom stereocenters. The van der Waals surface area contributed by atoms with Crippen molar-refractivity contribution in [2.75, 3.05) is 19.7 Å². The number of rotatable bonds is 3. The number of hydrogen-bond donors (Lipinski definition) is 1. The van der Waals surface area contributed by atoms with Gasteiger partial charge < -0.3 is 15.4 Å². The Hall–Kier alpha value is -1.55. The third-order valence-corrected chi connectivity index (χ3v) is 3.02. The van der Waals surface area contributed by atoms with Gasteiger partial charge in [-0.05, 0) is 25.0 Å². The Kier molecular flexibility index (Phi) is 3.64. The molecular formula is C13H18N2O2. The van der Waals surface area contributed by atoms with Gasteiger partial charge in [0, 0.05) is 19.1 Å². The Morgan fingerprint density at radius 1 is 1.53 bits per heavy atom. The number of likely N-dealkylation sites (tertiary alicyclic amines) is 1. The summed E-state index contributed by atoms with van der Waals surface area (Å²) in [4.78, 5) is 13.6. The predicted octanol–water partition coefficient (Wildman–Crippen LogP) is 0.933. The Bertz CT molecular complexity index is 406. The zero-order valence-electron chi connectivity index (χ0n) is 10.1. The van der Waals surface area contributed by atoms with E-state index in [9.17, 15) is 4.79 Å². The van der Waals surface area contributed by atoms with Gasteiger partial charge in [-0.1, -0.05) is 18.2 Å². The molecule has 1 aromatic rings. The Morgan fingerprint density at radius 2 is 2.29 bits per heavy atom. The number of para-hydroxylation sites is 1. The van der Waals surface area contributed by atoms with Crippen LogP contribution in [-0.2, 0) is 4.79 Å². The highest BCUT2D eigenvalue weighted by Crippen LogP contribution is 2.16. The van der Waals surface area contributed by atoms with Gasteiger partial charge in [-0.15, -0.1) is 0 Å². The van der Waals surface area contributed by atoms with Crippen molar-refractivity contribution in [2.45, 2.75) is 19.4 Å². The van der Waals surface area contributed by atoms with Crippen LogP contribution >= 0.6 is 0 Å². The van der Waals surface area contributed by atoms with Crippen molar-refractivity contribution in [3.05, 3.63) is 29.8 Å². The van der Waals surface area contributed by atoms with Crippen LogP contribution in [0.25, 0.3) is 0 Å². The van der Waals surface area contributed by atoms with E-state index in [4.69, 9.17) is 10.5 Å². The number of nitrogens with two attached hydrogens (primary N) is 1. The van der Waals surface area contributed by atoms with E-state index in [0.29, 0.717) is 6.54 Å². The van der Waals surface area contributed by atoms with E-state index < -0.39 is 0 Å². The molecule has 92 valence electrons. The van der Waals surface area contributed by atoms with Crippen LogP contribution < -0.4 is 10.5 Å². The Balaban J connectivity index is 1.86. The third kappa shape index (κ3) is 2.97. The first-order valence-electron chi connectivity index (χ1n) is 5.88. The van der Waals surface area contributed by atoms with Gasteiger partial charge in [0.15, 0.2) is 6.61 Å². The van der Waals surface area contributed by atoms with Gasteiger partial charge in [-0.2, -0.15) is 0 Å². The van der Waals surface area contributed by atoms with Gasteiger partial charge in [-0.3, -0.25) is 4.79 Å². The molecule has 1 heterocycles. The molecule has 0 unspecified atom stereocenters. The first-order valence-corrected chi connectivity index (χ1v) is 5.88. The smallest absolute Gasteiger partial charge is 0.260 e.